The highest BCUT2D eigenvalue weighted by Crippen LogP contribution is 2.58. The van der Waals surface area contributed by atoms with E-state index in [9.17, 15) is 44.7 Å². The molecule has 3 aromatic rings. The summed E-state index contributed by atoms with van der Waals surface area (Å²) in [5.41, 5.74) is -6.09. The van der Waals surface area contributed by atoms with Gasteiger partial charge in [0, 0.05) is 16.7 Å². The fraction of sp³-hybridized carbons (Fsp3) is 0.0541. The molecule has 0 spiro atoms. The molecular formula is C37H10F3N9. The average Bonchev–Trinajstić information content (AvgIpc) is 3.61. The standard InChI is InChI=1S/C37H10F3N9/c1-18-5-7-19(8-6-18)29-35(27(17-46)48-3)32-23(14-43)30-22(13-42)28(20-9-10-21(12-41)25(11-20)37(38,39)40)34(26(16-45)47-2)31(30)24(15-44)33(32)36(29)49-4/h5-11H,1H3/b34-26-,35-27+. The molecule has 0 radical (unpaired) electrons. The number of benzene rings is 3. The Labute approximate surface area is 276 Å². The Morgan fingerprint density at radius 1 is 0.653 bits per heavy atom. The number of allylic oxidation sites excluding steroid dienone is 7. The zero-order valence-corrected chi connectivity index (χ0v) is 24.7. The Bertz CT molecular complexity index is 2590. The van der Waals surface area contributed by atoms with Gasteiger partial charge in [0.05, 0.1) is 71.8 Å². The lowest BCUT2D eigenvalue weighted by molar-refractivity contribution is -0.137. The summed E-state index contributed by atoms with van der Waals surface area (Å²) in [6.07, 6.45) is -5.03. The van der Waals surface area contributed by atoms with Crippen molar-refractivity contribution in [1.29, 1.82) is 31.6 Å². The molecule has 0 bridgehead atoms. The zero-order chi connectivity index (χ0) is 35.8. The minimum atomic E-state index is -5.03. The summed E-state index contributed by atoms with van der Waals surface area (Å²) in [6.45, 7) is 25.5. The fourth-order valence-corrected chi connectivity index (χ4v) is 6.00. The molecule has 3 aromatic carbocycles. The molecule has 0 atom stereocenters. The Morgan fingerprint density at radius 2 is 1.18 bits per heavy atom. The summed E-state index contributed by atoms with van der Waals surface area (Å²) in [6, 6.07) is 19.8. The van der Waals surface area contributed by atoms with Crippen LogP contribution in [0.15, 0.2) is 53.9 Å². The molecule has 0 saturated heterocycles. The molecule has 2 aliphatic rings. The SMILES string of the molecule is [C-]#[N+]C1=C(c2ccc(C)cc2)/C(=C(/C#N)[N+]#[C-])c2c(C#N)c3c(c(C#N)c21)/C(=C(/C#N)[N+]#[C-])C(c1ccc(C#N)c(C(F)(F)F)c1)=C3C#N. The van der Waals surface area contributed by atoms with Crippen molar-refractivity contribution in [3.05, 3.63) is 149 Å². The third kappa shape index (κ3) is 4.64. The fourth-order valence-electron chi connectivity index (χ4n) is 6.00. The van der Waals surface area contributed by atoms with Gasteiger partial charge in [-0.25, -0.2) is 25.1 Å². The van der Waals surface area contributed by atoms with Gasteiger partial charge in [-0.05, 0) is 58.0 Å². The van der Waals surface area contributed by atoms with Crippen molar-refractivity contribution in [1.82, 2.24) is 0 Å². The van der Waals surface area contributed by atoms with Crippen LogP contribution < -0.4 is 0 Å². The van der Waals surface area contributed by atoms with E-state index in [0.717, 1.165) is 17.7 Å². The van der Waals surface area contributed by atoms with E-state index in [1.807, 2.05) is 18.2 Å². The molecule has 2 aliphatic carbocycles. The van der Waals surface area contributed by atoms with Crippen LogP contribution in [0.4, 0.5) is 13.2 Å². The Hall–Kier alpha value is -8.18. The van der Waals surface area contributed by atoms with Gasteiger partial charge in [-0.1, -0.05) is 35.9 Å². The lowest BCUT2D eigenvalue weighted by Gasteiger charge is -2.17. The molecule has 0 amide bonds. The predicted molar refractivity (Wildman–Crippen MR) is 167 cm³/mol. The van der Waals surface area contributed by atoms with E-state index in [4.69, 9.17) is 19.7 Å². The van der Waals surface area contributed by atoms with E-state index in [1.54, 1.807) is 43.3 Å². The van der Waals surface area contributed by atoms with Gasteiger partial charge in [0.1, 0.15) is 12.1 Å². The summed E-state index contributed by atoms with van der Waals surface area (Å²) >= 11 is 0. The zero-order valence-electron chi connectivity index (χ0n) is 24.7. The van der Waals surface area contributed by atoms with Gasteiger partial charge < -0.3 is 0 Å². The molecule has 0 N–H and O–H groups in total. The van der Waals surface area contributed by atoms with Crippen molar-refractivity contribution in [2.45, 2.75) is 13.1 Å². The molecule has 0 heterocycles. The Kier molecular flexibility index (Phi) is 7.87. The molecular weight excluding hydrogens is 627 g/mol. The maximum absolute atomic E-state index is 14.1. The van der Waals surface area contributed by atoms with Crippen LogP contribution in [-0.2, 0) is 6.18 Å². The van der Waals surface area contributed by atoms with Crippen molar-refractivity contribution in [2.75, 3.05) is 0 Å². The van der Waals surface area contributed by atoms with E-state index in [0.29, 0.717) is 11.6 Å². The largest absolute Gasteiger partial charge is 0.417 e. The molecule has 0 fully saturated rings. The first-order valence-electron chi connectivity index (χ1n) is 13.6. The van der Waals surface area contributed by atoms with Crippen molar-refractivity contribution in [3.8, 4) is 36.4 Å². The van der Waals surface area contributed by atoms with Crippen LogP contribution in [-0.4, -0.2) is 0 Å². The molecule has 9 nitrogen and oxygen atoms in total. The summed E-state index contributed by atoms with van der Waals surface area (Å²) < 4.78 is 42.2. The Morgan fingerprint density at radius 3 is 1.65 bits per heavy atom. The van der Waals surface area contributed by atoms with Gasteiger partial charge in [-0.3, -0.25) is 0 Å². The third-order valence-electron chi connectivity index (χ3n) is 7.90. The van der Waals surface area contributed by atoms with Crippen molar-refractivity contribution >= 4 is 33.6 Å². The minimum absolute atomic E-state index is 0.0510. The number of alkyl halides is 3. The molecule has 5 rings (SSSR count). The number of hydrogen-bond donors (Lipinski definition) is 0. The van der Waals surface area contributed by atoms with Gasteiger partial charge in [0.15, 0.2) is 0 Å². The number of nitriles is 6. The van der Waals surface area contributed by atoms with Crippen LogP contribution in [0.1, 0.15) is 61.2 Å². The first-order chi connectivity index (χ1) is 23.5. The first-order valence-corrected chi connectivity index (χ1v) is 13.6. The summed E-state index contributed by atoms with van der Waals surface area (Å²) in [5, 5.41) is 61.3. The van der Waals surface area contributed by atoms with Crippen LogP contribution in [0.3, 0.4) is 0 Å². The number of nitrogens with zero attached hydrogens (tertiary/aromatic N) is 9. The molecule has 0 aliphatic heterocycles. The van der Waals surface area contributed by atoms with Crippen LogP contribution >= 0.6 is 0 Å². The topological polar surface area (TPSA) is 156 Å². The summed E-state index contributed by atoms with van der Waals surface area (Å²) in [4.78, 5) is 10.2. The van der Waals surface area contributed by atoms with Gasteiger partial charge in [0.2, 0.25) is 5.70 Å². The number of hydrogen-bond acceptors (Lipinski definition) is 6. The highest BCUT2D eigenvalue weighted by Gasteiger charge is 2.44. The smallest absolute Gasteiger partial charge is 0.237 e. The molecule has 0 saturated carbocycles. The summed E-state index contributed by atoms with van der Waals surface area (Å²) in [5.74, 6) is 0. The Balaban J connectivity index is 2.09. The van der Waals surface area contributed by atoms with Crippen molar-refractivity contribution in [2.24, 2.45) is 0 Å². The predicted octanol–water partition coefficient (Wildman–Crippen LogP) is 8.19. The molecule has 0 unspecified atom stereocenters. The second-order valence-corrected chi connectivity index (χ2v) is 10.3. The van der Waals surface area contributed by atoms with Crippen molar-refractivity contribution < 1.29 is 13.2 Å². The first kappa shape index (κ1) is 32.2. The third-order valence-corrected chi connectivity index (χ3v) is 7.90. The average molecular weight is 638 g/mol. The number of halogens is 3. The number of rotatable bonds is 2. The van der Waals surface area contributed by atoms with Gasteiger partial charge >= 0.3 is 6.18 Å². The van der Waals surface area contributed by atoms with E-state index >= 15 is 0 Å². The highest BCUT2D eigenvalue weighted by molar-refractivity contribution is 6.31. The number of fused-ring (bicyclic) bond motifs is 2. The van der Waals surface area contributed by atoms with E-state index in [2.05, 4.69) is 14.5 Å². The van der Waals surface area contributed by atoms with E-state index in [-0.39, 0.29) is 50.2 Å². The van der Waals surface area contributed by atoms with Crippen LogP contribution in [0.25, 0.3) is 48.1 Å². The lowest BCUT2D eigenvalue weighted by atomic mass is 9.84. The second-order valence-electron chi connectivity index (χ2n) is 10.3. The maximum Gasteiger partial charge on any atom is 0.417 e. The van der Waals surface area contributed by atoms with Crippen LogP contribution in [0.5, 0.6) is 0 Å². The number of aryl methyl sites for hydroxylation is 1. The molecule has 224 valence electrons. The molecule has 0 aromatic heterocycles. The maximum atomic E-state index is 14.1. The second kappa shape index (κ2) is 12.0. The van der Waals surface area contributed by atoms with E-state index in [1.165, 1.54) is 6.07 Å². The van der Waals surface area contributed by atoms with Gasteiger partial charge in [0.25, 0.3) is 11.4 Å². The van der Waals surface area contributed by atoms with Gasteiger partial charge in [-0.2, -0.15) is 34.2 Å². The van der Waals surface area contributed by atoms with E-state index < -0.39 is 51.0 Å². The summed E-state index contributed by atoms with van der Waals surface area (Å²) in [7, 11) is 0. The van der Waals surface area contributed by atoms with Crippen LogP contribution in [0, 0.1) is 94.6 Å². The monoisotopic (exact) mass is 637 g/mol. The van der Waals surface area contributed by atoms with Gasteiger partial charge in [-0.15, -0.1) is 0 Å². The quantitative estimate of drug-likeness (QED) is 0.204. The molecule has 49 heavy (non-hydrogen) atoms. The van der Waals surface area contributed by atoms with Crippen molar-refractivity contribution in [3.63, 3.8) is 0 Å². The lowest BCUT2D eigenvalue weighted by Crippen LogP contribution is -2.08. The molecule has 12 heteroatoms. The van der Waals surface area contributed by atoms with Crippen LogP contribution in [0.2, 0.25) is 0 Å². The highest BCUT2D eigenvalue weighted by atomic mass is 19.4. The normalized spacial score (nSPS) is 14.7. The minimum Gasteiger partial charge on any atom is -0.237 e.